The van der Waals surface area contributed by atoms with Gasteiger partial charge in [-0.1, -0.05) is 54.6 Å². The second-order valence-electron chi connectivity index (χ2n) is 8.48. The lowest BCUT2D eigenvalue weighted by atomic mass is 10.0. The molecular formula is C27H26N2O4. The summed E-state index contributed by atoms with van der Waals surface area (Å²) in [7, 11) is 0. The highest BCUT2D eigenvalue weighted by atomic mass is 16.5. The number of piperazine rings is 1. The molecule has 1 aliphatic rings. The quantitative estimate of drug-likeness (QED) is 0.336. The van der Waals surface area contributed by atoms with Gasteiger partial charge in [0.2, 0.25) is 0 Å². The first-order valence-electron chi connectivity index (χ1n) is 11.2. The fourth-order valence-electron chi connectivity index (χ4n) is 4.62. The molecule has 5 rings (SSSR count). The molecule has 0 saturated carbocycles. The van der Waals surface area contributed by atoms with Crippen molar-refractivity contribution in [3.8, 4) is 5.75 Å². The molecule has 0 N–H and O–H groups in total. The van der Waals surface area contributed by atoms with Crippen LogP contribution in [0.15, 0.2) is 65.1 Å². The lowest BCUT2D eigenvalue weighted by molar-refractivity contribution is -0.131. The van der Waals surface area contributed by atoms with Crippen molar-refractivity contribution in [3.63, 3.8) is 0 Å². The molecule has 0 aliphatic carbocycles. The molecule has 1 aromatic heterocycles. The van der Waals surface area contributed by atoms with Gasteiger partial charge in [0.1, 0.15) is 17.1 Å². The molecule has 0 spiro atoms. The number of aryl methyl sites for hydroxylation is 1. The molecule has 3 aromatic carbocycles. The molecule has 0 atom stereocenters. The maximum Gasteiger partial charge on any atom is 0.308 e. The summed E-state index contributed by atoms with van der Waals surface area (Å²) < 4.78 is 11.6. The number of fused-ring (bicyclic) bond motifs is 3. The minimum absolute atomic E-state index is 0.0466. The van der Waals surface area contributed by atoms with Crippen LogP contribution in [0.5, 0.6) is 5.75 Å². The highest BCUT2D eigenvalue weighted by molar-refractivity contribution is 6.16. The summed E-state index contributed by atoms with van der Waals surface area (Å²) in [4.78, 5) is 29.5. The minimum atomic E-state index is -0.401. The fraction of sp³-hybridized carbons (Fsp3) is 0.259. The third-order valence-electron chi connectivity index (χ3n) is 6.21. The van der Waals surface area contributed by atoms with Gasteiger partial charge in [-0.25, -0.2) is 0 Å². The van der Waals surface area contributed by atoms with E-state index >= 15 is 0 Å². The van der Waals surface area contributed by atoms with Gasteiger partial charge in [0.25, 0.3) is 5.91 Å². The number of rotatable bonds is 4. The lowest BCUT2D eigenvalue weighted by Gasteiger charge is -2.34. The number of amides is 1. The Bertz CT molecular complexity index is 1330. The number of carbonyl (C=O) groups excluding carboxylic acids is 2. The molecule has 1 aliphatic heterocycles. The molecule has 0 radical (unpaired) electrons. The van der Waals surface area contributed by atoms with Crippen LogP contribution < -0.4 is 4.74 Å². The molecule has 0 unspecified atom stereocenters. The van der Waals surface area contributed by atoms with Crippen LogP contribution in [0.2, 0.25) is 0 Å². The molecule has 6 heteroatoms. The molecule has 1 amide bonds. The molecule has 2 heterocycles. The van der Waals surface area contributed by atoms with E-state index in [0.717, 1.165) is 30.4 Å². The number of furan rings is 1. The number of nitrogens with zero attached hydrogens (tertiary/aromatic N) is 2. The van der Waals surface area contributed by atoms with E-state index in [4.69, 9.17) is 9.15 Å². The normalized spacial score (nSPS) is 14.7. The highest BCUT2D eigenvalue weighted by Gasteiger charge is 2.28. The highest BCUT2D eigenvalue weighted by Crippen LogP contribution is 2.38. The van der Waals surface area contributed by atoms with Crippen molar-refractivity contribution >= 4 is 33.6 Å². The summed E-state index contributed by atoms with van der Waals surface area (Å²) in [6.07, 6.45) is 0. The van der Waals surface area contributed by atoms with Crippen molar-refractivity contribution in [2.75, 3.05) is 26.2 Å². The summed E-state index contributed by atoms with van der Waals surface area (Å²) in [5.41, 5.74) is 2.46. The number of esters is 1. The summed E-state index contributed by atoms with van der Waals surface area (Å²) >= 11 is 0. The summed E-state index contributed by atoms with van der Waals surface area (Å²) in [6, 6.07) is 19.7. The van der Waals surface area contributed by atoms with Crippen LogP contribution in [0, 0.1) is 6.92 Å². The van der Waals surface area contributed by atoms with Gasteiger partial charge in [0.05, 0.1) is 5.56 Å². The fourth-order valence-corrected chi connectivity index (χ4v) is 4.62. The number of benzene rings is 3. The van der Waals surface area contributed by atoms with Crippen LogP contribution in [0.1, 0.15) is 28.6 Å². The second kappa shape index (κ2) is 8.71. The van der Waals surface area contributed by atoms with Gasteiger partial charge >= 0.3 is 5.97 Å². The molecule has 1 fully saturated rings. The Kier molecular flexibility index (Phi) is 5.60. The molecule has 4 aromatic rings. The van der Waals surface area contributed by atoms with E-state index in [-0.39, 0.29) is 5.91 Å². The minimum Gasteiger partial charge on any atom is -0.460 e. The first-order valence-corrected chi connectivity index (χ1v) is 11.2. The van der Waals surface area contributed by atoms with Crippen LogP contribution >= 0.6 is 0 Å². The first kappa shape index (κ1) is 21.2. The zero-order valence-electron chi connectivity index (χ0n) is 18.8. The Morgan fingerprint density at radius 2 is 1.58 bits per heavy atom. The monoisotopic (exact) mass is 442 g/mol. The summed E-state index contributed by atoms with van der Waals surface area (Å²) in [6.45, 7) is 7.02. The van der Waals surface area contributed by atoms with Crippen molar-refractivity contribution in [2.24, 2.45) is 0 Å². The average molecular weight is 443 g/mol. The SMILES string of the molecule is CC(=O)Oc1cc2c(C(=O)N3CCN(Cc4ccccc4)CC3)c(C)oc2c2ccccc12. The second-order valence-corrected chi connectivity index (χ2v) is 8.48. The van der Waals surface area contributed by atoms with E-state index < -0.39 is 5.97 Å². The van der Waals surface area contributed by atoms with Gasteiger partial charge in [0.15, 0.2) is 0 Å². The molecule has 1 saturated heterocycles. The first-order chi connectivity index (χ1) is 16.0. The topological polar surface area (TPSA) is 63.0 Å². The maximum absolute atomic E-state index is 13.6. The third kappa shape index (κ3) is 4.10. The Hall–Kier alpha value is -3.64. The third-order valence-corrected chi connectivity index (χ3v) is 6.21. The van der Waals surface area contributed by atoms with E-state index in [1.807, 2.05) is 42.2 Å². The van der Waals surface area contributed by atoms with Crippen molar-refractivity contribution in [1.29, 1.82) is 0 Å². The number of ether oxygens (including phenoxy) is 1. The summed E-state index contributed by atoms with van der Waals surface area (Å²) in [5.74, 6) is 0.566. The predicted octanol–water partition coefficient (Wildman–Crippen LogP) is 4.78. The smallest absolute Gasteiger partial charge is 0.308 e. The van der Waals surface area contributed by atoms with Crippen LogP contribution in [0.25, 0.3) is 21.7 Å². The van der Waals surface area contributed by atoms with Crippen LogP contribution in [-0.2, 0) is 11.3 Å². The average Bonchev–Trinajstić information content (AvgIpc) is 3.15. The van der Waals surface area contributed by atoms with E-state index in [0.29, 0.717) is 41.1 Å². The van der Waals surface area contributed by atoms with Crippen molar-refractivity contribution < 1.29 is 18.7 Å². The molecular weight excluding hydrogens is 416 g/mol. The maximum atomic E-state index is 13.6. The largest absolute Gasteiger partial charge is 0.460 e. The van der Waals surface area contributed by atoms with E-state index in [1.165, 1.54) is 12.5 Å². The Labute approximate surface area is 192 Å². The van der Waals surface area contributed by atoms with Crippen molar-refractivity contribution in [3.05, 3.63) is 77.6 Å². The van der Waals surface area contributed by atoms with Crippen LogP contribution in [-0.4, -0.2) is 47.9 Å². The molecule has 168 valence electrons. The van der Waals surface area contributed by atoms with Gasteiger partial charge < -0.3 is 14.1 Å². The van der Waals surface area contributed by atoms with Gasteiger partial charge in [-0.15, -0.1) is 0 Å². The van der Waals surface area contributed by atoms with Gasteiger partial charge in [-0.3, -0.25) is 14.5 Å². The van der Waals surface area contributed by atoms with Gasteiger partial charge in [-0.05, 0) is 18.6 Å². The van der Waals surface area contributed by atoms with E-state index in [2.05, 4.69) is 29.2 Å². The molecule has 0 bridgehead atoms. The van der Waals surface area contributed by atoms with E-state index in [1.54, 1.807) is 6.07 Å². The van der Waals surface area contributed by atoms with Gasteiger partial charge in [0, 0.05) is 55.8 Å². The predicted molar refractivity (Wildman–Crippen MR) is 127 cm³/mol. The zero-order chi connectivity index (χ0) is 22.9. The van der Waals surface area contributed by atoms with Crippen molar-refractivity contribution in [1.82, 2.24) is 9.80 Å². The standard InChI is InChI=1S/C27H26N2O4/c1-18-25(27(31)29-14-12-28(13-15-29)17-20-8-4-3-5-9-20)23-16-24(33-19(2)30)21-10-6-7-11-22(21)26(23)32-18/h3-11,16H,12-15,17H2,1-2H3. The number of hydrogen-bond donors (Lipinski definition) is 0. The Balaban J connectivity index is 1.44. The number of hydrogen-bond acceptors (Lipinski definition) is 5. The van der Waals surface area contributed by atoms with Crippen LogP contribution in [0.4, 0.5) is 0 Å². The molecule has 6 nitrogen and oxygen atoms in total. The van der Waals surface area contributed by atoms with Gasteiger partial charge in [-0.2, -0.15) is 0 Å². The number of carbonyl (C=O) groups is 2. The van der Waals surface area contributed by atoms with Crippen molar-refractivity contribution in [2.45, 2.75) is 20.4 Å². The van der Waals surface area contributed by atoms with E-state index in [9.17, 15) is 9.59 Å². The zero-order valence-corrected chi connectivity index (χ0v) is 18.8. The Morgan fingerprint density at radius 1 is 0.909 bits per heavy atom. The molecule has 33 heavy (non-hydrogen) atoms. The summed E-state index contributed by atoms with van der Waals surface area (Å²) in [5, 5.41) is 2.28. The lowest BCUT2D eigenvalue weighted by Crippen LogP contribution is -2.48. The van der Waals surface area contributed by atoms with Crippen LogP contribution in [0.3, 0.4) is 0 Å². The Morgan fingerprint density at radius 3 is 2.27 bits per heavy atom.